The SMILES string of the molecule is CN=C(NCCc1sc(C)nc1C)NC1CCCN(C(=O)OC(C)(C)C)C1. The molecule has 0 bridgehead atoms. The number of aromatic nitrogens is 1. The molecule has 1 aromatic heterocycles. The second-order valence-electron chi connectivity index (χ2n) is 7.90. The van der Waals surface area contributed by atoms with Crippen LogP contribution in [0.1, 0.15) is 49.2 Å². The number of thiazole rings is 1. The van der Waals surface area contributed by atoms with Gasteiger partial charge in [0.15, 0.2) is 5.96 Å². The molecule has 0 aromatic carbocycles. The first-order chi connectivity index (χ1) is 12.7. The Hall–Kier alpha value is -1.83. The fourth-order valence-corrected chi connectivity index (χ4v) is 4.01. The zero-order chi connectivity index (χ0) is 20.0. The molecule has 7 nitrogen and oxygen atoms in total. The van der Waals surface area contributed by atoms with Crippen LogP contribution in [0, 0.1) is 13.8 Å². The van der Waals surface area contributed by atoms with Crippen molar-refractivity contribution >= 4 is 23.4 Å². The monoisotopic (exact) mass is 395 g/mol. The molecular formula is C19H33N5O2S. The summed E-state index contributed by atoms with van der Waals surface area (Å²) in [5, 5.41) is 7.91. The summed E-state index contributed by atoms with van der Waals surface area (Å²) in [7, 11) is 1.77. The average Bonchev–Trinajstić information content (AvgIpc) is 2.90. The topological polar surface area (TPSA) is 78.9 Å². The first-order valence-electron chi connectivity index (χ1n) is 9.56. The van der Waals surface area contributed by atoms with Crippen LogP contribution in [0.25, 0.3) is 0 Å². The van der Waals surface area contributed by atoms with Gasteiger partial charge in [0.1, 0.15) is 5.60 Å². The van der Waals surface area contributed by atoms with Gasteiger partial charge in [-0.05, 0) is 47.5 Å². The van der Waals surface area contributed by atoms with Crippen molar-refractivity contribution in [2.24, 2.45) is 4.99 Å². The van der Waals surface area contributed by atoms with Gasteiger partial charge < -0.3 is 20.3 Å². The Morgan fingerprint density at radius 1 is 1.41 bits per heavy atom. The number of carbonyl (C=O) groups excluding carboxylic acids is 1. The van der Waals surface area contributed by atoms with Crippen LogP contribution in [-0.2, 0) is 11.2 Å². The van der Waals surface area contributed by atoms with E-state index in [0.717, 1.165) is 49.0 Å². The standard InChI is InChI=1S/C19H33N5O2S/c1-13-16(27-14(2)22-13)9-10-21-17(20-6)23-15-8-7-11-24(12-15)18(25)26-19(3,4)5/h15H,7-12H2,1-6H3,(H2,20,21,23). The molecule has 8 heteroatoms. The molecule has 152 valence electrons. The summed E-state index contributed by atoms with van der Waals surface area (Å²) in [5.74, 6) is 0.768. The molecule has 1 unspecified atom stereocenters. The van der Waals surface area contributed by atoms with Crippen molar-refractivity contribution in [3.05, 3.63) is 15.6 Å². The maximum absolute atomic E-state index is 12.3. The van der Waals surface area contributed by atoms with Crippen LogP contribution < -0.4 is 10.6 Å². The highest BCUT2D eigenvalue weighted by Gasteiger charge is 2.28. The van der Waals surface area contributed by atoms with E-state index in [1.165, 1.54) is 4.88 Å². The molecule has 2 rings (SSSR count). The molecule has 2 heterocycles. The molecule has 1 amide bonds. The molecule has 0 spiro atoms. The Morgan fingerprint density at radius 2 is 2.15 bits per heavy atom. The van der Waals surface area contributed by atoms with E-state index in [9.17, 15) is 4.79 Å². The van der Waals surface area contributed by atoms with E-state index in [2.05, 4.69) is 27.5 Å². The van der Waals surface area contributed by atoms with Crippen molar-refractivity contribution in [1.29, 1.82) is 0 Å². The zero-order valence-corrected chi connectivity index (χ0v) is 18.2. The highest BCUT2D eigenvalue weighted by molar-refractivity contribution is 7.11. The summed E-state index contributed by atoms with van der Waals surface area (Å²) >= 11 is 1.75. The van der Waals surface area contributed by atoms with Crippen molar-refractivity contribution < 1.29 is 9.53 Å². The molecule has 0 saturated carbocycles. The molecule has 27 heavy (non-hydrogen) atoms. The summed E-state index contributed by atoms with van der Waals surface area (Å²) in [5.41, 5.74) is 0.643. The van der Waals surface area contributed by atoms with Gasteiger partial charge in [-0.2, -0.15) is 0 Å². The third-order valence-electron chi connectivity index (χ3n) is 4.28. The second kappa shape index (κ2) is 9.39. The Balaban J connectivity index is 1.81. The molecule has 0 radical (unpaired) electrons. The molecule has 0 aliphatic carbocycles. The number of guanidine groups is 1. The number of carbonyl (C=O) groups is 1. The average molecular weight is 396 g/mol. The largest absolute Gasteiger partial charge is 0.444 e. The van der Waals surface area contributed by atoms with Gasteiger partial charge in [0.05, 0.1) is 10.7 Å². The van der Waals surface area contributed by atoms with Gasteiger partial charge in [-0.25, -0.2) is 9.78 Å². The van der Waals surface area contributed by atoms with Gasteiger partial charge >= 0.3 is 6.09 Å². The highest BCUT2D eigenvalue weighted by atomic mass is 32.1. The number of rotatable bonds is 4. The minimum absolute atomic E-state index is 0.171. The van der Waals surface area contributed by atoms with E-state index in [0.29, 0.717) is 6.54 Å². The van der Waals surface area contributed by atoms with Gasteiger partial charge in [0.25, 0.3) is 0 Å². The predicted octanol–water partition coefficient (Wildman–Crippen LogP) is 2.87. The van der Waals surface area contributed by atoms with Crippen LogP contribution in [0.2, 0.25) is 0 Å². The molecule has 2 N–H and O–H groups in total. The number of aliphatic imine (C=N–C) groups is 1. The molecular weight excluding hydrogens is 362 g/mol. The number of nitrogens with zero attached hydrogens (tertiary/aromatic N) is 3. The molecule has 1 aliphatic rings. The van der Waals surface area contributed by atoms with E-state index in [-0.39, 0.29) is 12.1 Å². The lowest BCUT2D eigenvalue weighted by atomic mass is 10.1. The van der Waals surface area contributed by atoms with Crippen LogP contribution in [0.3, 0.4) is 0 Å². The quantitative estimate of drug-likeness (QED) is 0.605. The summed E-state index contributed by atoms with van der Waals surface area (Å²) in [6, 6.07) is 0.171. The van der Waals surface area contributed by atoms with Crippen molar-refractivity contribution in [1.82, 2.24) is 20.5 Å². The lowest BCUT2D eigenvalue weighted by molar-refractivity contribution is 0.0193. The number of ether oxygens (including phenoxy) is 1. The van der Waals surface area contributed by atoms with E-state index in [1.807, 2.05) is 27.7 Å². The lowest BCUT2D eigenvalue weighted by Crippen LogP contribution is -2.53. The number of aryl methyl sites for hydroxylation is 2. The van der Waals surface area contributed by atoms with Gasteiger partial charge in [0.2, 0.25) is 0 Å². The lowest BCUT2D eigenvalue weighted by Gasteiger charge is -2.35. The minimum Gasteiger partial charge on any atom is -0.444 e. The van der Waals surface area contributed by atoms with Crippen LogP contribution in [0.15, 0.2) is 4.99 Å². The van der Waals surface area contributed by atoms with Crippen molar-refractivity contribution in [3.63, 3.8) is 0 Å². The van der Waals surface area contributed by atoms with Crippen LogP contribution in [-0.4, -0.2) is 60.3 Å². The third kappa shape index (κ3) is 7.01. The summed E-state index contributed by atoms with van der Waals surface area (Å²) in [6.45, 7) is 11.9. The number of hydrogen-bond acceptors (Lipinski definition) is 5. The van der Waals surface area contributed by atoms with Crippen molar-refractivity contribution in [2.75, 3.05) is 26.7 Å². The van der Waals surface area contributed by atoms with Crippen molar-refractivity contribution in [3.8, 4) is 0 Å². The Labute approximate surface area is 166 Å². The Bertz CT molecular complexity index is 666. The first kappa shape index (κ1) is 21.5. The number of amides is 1. The summed E-state index contributed by atoms with van der Waals surface area (Å²) in [4.78, 5) is 24.2. The second-order valence-corrected chi connectivity index (χ2v) is 9.19. The van der Waals surface area contributed by atoms with E-state index in [4.69, 9.17) is 4.74 Å². The Morgan fingerprint density at radius 3 is 2.74 bits per heavy atom. The van der Waals surface area contributed by atoms with Gasteiger partial charge in [-0.15, -0.1) is 11.3 Å². The number of likely N-dealkylation sites (tertiary alicyclic amines) is 1. The van der Waals surface area contributed by atoms with Gasteiger partial charge in [0, 0.05) is 44.0 Å². The van der Waals surface area contributed by atoms with Gasteiger partial charge in [-0.3, -0.25) is 4.99 Å². The number of hydrogen-bond donors (Lipinski definition) is 2. The van der Waals surface area contributed by atoms with Crippen molar-refractivity contribution in [2.45, 2.75) is 65.5 Å². The molecule has 1 aliphatic heterocycles. The Kier molecular flexibility index (Phi) is 7.47. The molecule has 1 atom stereocenters. The van der Waals surface area contributed by atoms with E-state index in [1.54, 1.807) is 23.3 Å². The molecule has 1 aromatic rings. The fourth-order valence-electron chi connectivity index (χ4n) is 3.08. The maximum atomic E-state index is 12.3. The highest BCUT2D eigenvalue weighted by Crippen LogP contribution is 2.17. The third-order valence-corrected chi connectivity index (χ3v) is 5.41. The minimum atomic E-state index is -0.470. The summed E-state index contributed by atoms with van der Waals surface area (Å²) in [6.07, 6.45) is 2.64. The molecule has 1 fully saturated rings. The van der Waals surface area contributed by atoms with E-state index >= 15 is 0 Å². The molecule has 1 saturated heterocycles. The summed E-state index contributed by atoms with van der Waals surface area (Å²) < 4.78 is 5.49. The van der Waals surface area contributed by atoms with E-state index < -0.39 is 5.60 Å². The number of nitrogens with one attached hydrogen (secondary N) is 2. The normalized spacial score (nSPS) is 18.4. The van der Waals surface area contributed by atoms with Crippen LogP contribution >= 0.6 is 11.3 Å². The zero-order valence-electron chi connectivity index (χ0n) is 17.4. The number of piperidine rings is 1. The smallest absolute Gasteiger partial charge is 0.410 e. The van der Waals surface area contributed by atoms with Crippen LogP contribution in [0.4, 0.5) is 4.79 Å². The van der Waals surface area contributed by atoms with Crippen LogP contribution in [0.5, 0.6) is 0 Å². The van der Waals surface area contributed by atoms with Gasteiger partial charge in [-0.1, -0.05) is 0 Å². The maximum Gasteiger partial charge on any atom is 0.410 e. The predicted molar refractivity (Wildman–Crippen MR) is 111 cm³/mol. The fraction of sp³-hybridized carbons (Fsp3) is 0.737. The first-order valence-corrected chi connectivity index (χ1v) is 10.4.